The van der Waals surface area contributed by atoms with Crippen LogP contribution in [0.5, 0.6) is 0 Å². The summed E-state index contributed by atoms with van der Waals surface area (Å²) >= 11 is 3.33. The van der Waals surface area contributed by atoms with Gasteiger partial charge in [0.2, 0.25) is 0 Å². The van der Waals surface area contributed by atoms with Crippen LogP contribution in [-0.4, -0.2) is 33.4 Å². The third-order valence-corrected chi connectivity index (χ3v) is 5.08. The van der Waals surface area contributed by atoms with E-state index in [0.29, 0.717) is 12.5 Å². The summed E-state index contributed by atoms with van der Waals surface area (Å²) in [6.07, 6.45) is 5.56. The van der Waals surface area contributed by atoms with Crippen LogP contribution in [0.25, 0.3) is 0 Å². The van der Waals surface area contributed by atoms with Gasteiger partial charge in [0, 0.05) is 23.4 Å². The van der Waals surface area contributed by atoms with E-state index in [9.17, 15) is 9.90 Å². The first-order valence-corrected chi connectivity index (χ1v) is 8.00. The number of rotatable bonds is 8. The predicted octanol–water partition coefficient (Wildman–Crippen LogP) is 2.61. The molecule has 2 N–H and O–H groups in total. The molecule has 1 heterocycles. The summed E-state index contributed by atoms with van der Waals surface area (Å²) in [5, 5.41) is 14.5. The largest absolute Gasteiger partial charge is 0.480 e. The van der Waals surface area contributed by atoms with Crippen LogP contribution in [0.1, 0.15) is 32.6 Å². The molecule has 1 aromatic heterocycles. The van der Waals surface area contributed by atoms with E-state index in [1.54, 1.807) is 36.2 Å². The predicted molar refractivity (Wildman–Crippen MR) is 74.3 cm³/mol. The molecule has 6 heteroatoms. The van der Waals surface area contributed by atoms with Gasteiger partial charge < -0.3 is 5.11 Å². The number of nitrogens with one attached hydrogen (secondary N) is 1. The van der Waals surface area contributed by atoms with Crippen LogP contribution >= 0.6 is 23.1 Å². The fourth-order valence-corrected chi connectivity index (χ4v) is 3.43. The van der Waals surface area contributed by atoms with Gasteiger partial charge in [-0.15, -0.1) is 11.3 Å². The molecule has 0 spiro atoms. The first kappa shape index (κ1) is 13.8. The lowest BCUT2D eigenvalue weighted by atomic mass is 9.96. The van der Waals surface area contributed by atoms with E-state index in [4.69, 9.17) is 0 Å². The third-order valence-electron chi connectivity index (χ3n) is 3.03. The molecule has 0 aliphatic heterocycles. The number of carboxylic acids is 1. The van der Waals surface area contributed by atoms with E-state index in [0.717, 1.165) is 29.4 Å². The number of aromatic nitrogens is 1. The standard InChI is InChI=1S/C12H18N2O2S2/c1-12(10(15)16,14-9-3-4-9)5-2-7-17-11-13-6-8-18-11/h6,8-9,14H,2-5,7H2,1H3,(H,15,16). The Hall–Kier alpha value is -0.590. The Labute approximate surface area is 115 Å². The van der Waals surface area contributed by atoms with Crippen molar-refractivity contribution in [2.24, 2.45) is 0 Å². The molecule has 100 valence electrons. The summed E-state index contributed by atoms with van der Waals surface area (Å²) in [6.45, 7) is 1.79. The van der Waals surface area contributed by atoms with Crippen molar-refractivity contribution < 1.29 is 9.90 Å². The van der Waals surface area contributed by atoms with Gasteiger partial charge in [0.05, 0.1) is 0 Å². The van der Waals surface area contributed by atoms with Crippen molar-refractivity contribution in [2.45, 2.75) is 48.5 Å². The molecule has 0 bridgehead atoms. The number of hydrogen-bond donors (Lipinski definition) is 2. The number of thioether (sulfide) groups is 1. The molecule has 0 amide bonds. The molecular weight excluding hydrogens is 268 g/mol. The van der Waals surface area contributed by atoms with Gasteiger partial charge in [-0.25, -0.2) is 4.98 Å². The van der Waals surface area contributed by atoms with Crippen LogP contribution in [0, 0.1) is 0 Å². The second-order valence-electron chi connectivity index (χ2n) is 4.81. The molecule has 2 rings (SSSR count). The van der Waals surface area contributed by atoms with E-state index in [1.165, 1.54) is 0 Å². The topological polar surface area (TPSA) is 62.2 Å². The van der Waals surface area contributed by atoms with Crippen LogP contribution in [0.2, 0.25) is 0 Å². The molecule has 1 aliphatic rings. The summed E-state index contributed by atoms with van der Waals surface area (Å²) in [5.74, 6) is 0.177. The van der Waals surface area contributed by atoms with Gasteiger partial charge in [-0.3, -0.25) is 10.1 Å². The van der Waals surface area contributed by atoms with E-state index in [2.05, 4.69) is 10.3 Å². The van der Waals surface area contributed by atoms with E-state index < -0.39 is 11.5 Å². The maximum Gasteiger partial charge on any atom is 0.323 e. The highest BCUT2D eigenvalue weighted by atomic mass is 32.2. The number of thiazole rings is 1. The van der Waals surface area contributed by atoms with Crippen LogP contribution < -0.4 is 5.32 Å². The minimum absolute atomic E-state index is 0.415. The Morgan fingerprint density at radius 3 is 3.06 bits per heavy atom. The Morgan fingerprint density at radius 2 is 2.50 bits per heavy atom. The Kier molecular flexibility index (Phi) is 4.64. The lowest BCUT2D eigenvalue weighted by molar-refractivity contribution is -0.144. The van der Waals surface area contributed by atoms with Crippen LogP contribution in [0.15, 0.2) is 15.9 Å². The maximum absolute atomic E-state index is 11.3. The van der Waals surface area contributed by atoms with Crippen molar-refractivity contribution in [1.82, 2.24) is 10.3 Å². The van der Waals surface area contributed by atoms with E-state index >= 15 is 0 Å². The Morgan fingerprint density at radius 1 is 1.72 bits per heavy atom. The molecular formula is C12H18N2O2S2. The smallest absolute Gasteiger partial charge is 0.323 e. The van der Waals surface area contributed by atoms with Crippen molar-refractivity contribution in [1.29, 1.82) is 0 Å². The van der Waals surface area contributed by atoms with Gasteiger partial charge in [0.15, 0.2) is 0 Å². The summed E-state index contributed by atoms with van der Waals surface area (Å²) in [4.78, 5) is 15.5. The van der Waals surface area contributed by atoms with Crippen LogP contribution in [0.3, 0.4) is 0 Å². The van der Waals surface area contributed by atoms with Crippen molar-refractivity contribution >= 4 is 29.1 Å². The first-order valence-electron chi connectivity index (χ1n) is 6.13. The number of carbonyl (C=O) groups is 1. The van der Waals surface area contributed by atoms with Gasteiger partial charge >= 0.3 is 5.97 Å². The molecule has 4 nitrogen and oxygen atoms in total. The monoisotopic (exact) mass is 286 g/mol. The van der Waals surface area contributed by atoms with Gasteiger partial charge in [0.25, 0.3) is 0 Å². The highest BCUT2D eigenvalue weighted by Crippen LogP contribution is 2.27. The van der Waals surface area contributed by atoms with E-state index in [-0.39, 0.29) is 0 Å². The molecule has 0 radical (unpaired) electrons. The average molecular weight is 286 g/mol. The molecule has 1 unspecified atom stereocenters. The van der Waals surface area contributed by atoms with Crippen LogP contribution in [-0.2, 0) is 4.79 Å². The van der Waals surface area contributed by atoms with Gasteiger partial charge in [-0.1, -0.05) is 11.8 Å². The lowest BCUT2D eigenvalue weighted by Gasteiger charge is -2.26. The molecule has 18 heavy (non-hydrogen) atoms. The molecule has 1 aromatic rings. The SMILES string of the molecule is CC(CCCSc1nccs1)(NC1CC1)C(=O)O. The summed E-state index contributed by atoms with van der Waals surface area (Å²) in [5.41, 5.74) is -0.773. The van der Waals surface area contributed by atoms with Gasteiger partial charge in [-0.2, -0.15) is 0 Å². The third kappa shape index (κ3) is 3.96. The Balaban J connectivity index is 1.73. The zero-order valence-corrected chi connectivity index (χ0v) is 12.0. The number of carboxylic acid groups (broad SMARTS) is 1. The highest BCUT2D eigenvalue weighted by Gasteiger charge is 2.37. The van der Waals surface area contributed by atoms with Crippen molar-refractivity contribution in [3.8, 4) is 0 Å². The number of nitrogens with zero attached hydrogens (tertiary/aromatic N) is 1. The molecule has 0 aromatic carbocycles. The Bertz CT molecular complexity index is 393. The minimum Gasteiger partial charge on any atom is -0.480 e. The summed E-state index contributed by atoms with van der Waals surface area (Å²) in [7, 11) is 0. The zero-order valence-electron chi connectivity index (χ0n) is 10.4. The molecule has 0 saturated heterocycles. The number of hydrogen-bond acceptors (Lipinski definition) is 5. The van der Waals surface area contributed by atoms with Crippen molar-refractivity contribution in [3.63, 3.8) is 0 Å². The summed E-state index contributed by atoms with van der Waals surface area (Å²) in [6, 6.07) is 0.415. The normalized spacial score (nSPS) is 18.5. The van der Waals surface area contributed by atoms with E-state index in [1.807, 2.05) is 5.38 Å². The molecule has 1 fully saturated rings. The fraction of sp³-hybridized carbons (Fsp3) is 0.667. The average Bonchev–Trinajstić information content (AvgIpc) is 2.97. The molecule has 1 saturated carbocycles. The summed E-state index contributed by atoms with van der Waals surface area (Å²) < 4.78 is 1.06. The van der Waals surface area contributed by atoms with Crippen molar-refractivity contribution in [2.75, 3.05) is 5.75 Å². The second kappa shape index (κ2) is 6.04. The van der Waals surface area contributed by atoms with Gasteiger partial charge in [0.1, 0.15) is 9.88 Å². The zero-order chi connectivity index (χ0) is 13.0. The maximum atomic E-state index is 11.3. The first-order chi connectivity index (χ1) is 8.60. The fourth-order valence-electron chi connectivity index (χ4n) is 1.79. The quantitative estimate of drug-likeness (QED) is 0.568. The van der Waals surface area contributed by atoms with Crippen molar-refractivity contribution in [3.05, 3.63) is 11.6 Å². The highest BCUT2D eigenvalue weighted by molar-refractivity contribution is 8.00. The molecule has 1 aliphatic carbocycles. The number of aliphatic carboxylic acids is 1. The van der Waals surface area contributed by atoms with Gasteiger partial charge in [-0.05, 0) is 32.6 Å². The lowest BCUT2D eigenvalue weighted by Crippen LogP contribution is -2.50. The van der Waals surface area contributed by atoms with Crippen LogP contribution in [0.4, 0.5) is 0 Å². The molecule has 1 atom stereocenters. The second-order valence-corrected chi connectivity index (χ2v) is 7.04. The minimum atomic E-state index is -0.773.